The minimum atomic E-state index is -0.450. The molecule has 9 heteroatoms. The predicted octanol–water partition coefficient (Wildman–Crippen LogP) is 5.51. The number of amides is 2. The Morgan fingerprint density at radius 3 is 2.33 bits per heavy atom. The van der Waals surface area contributed by atoms with Gasteiger partial charge in [-0.25, -0.2) is 5.43 Å². The van der Waals surface area contributed by atoms with Gasteiger partial charge in [-0.1, -0.05) is 71.7 Å². The number of hydrazone groups is 1. The lowest BCUT2D eigenvalue weighted by Gasteiger charge is -2.36. The number of anilines is 1. The molecule has 0 spiro atoms. The third-order valence-corrected chi connectivity index (χ3v) is 7.42. The number of nitrogens with one attached hydrogen (secondary N) is 1. The van der Waals surface area contributed by atoms with E-state index in [9.17, 15) is 14.7 Å². The van der Waals surface area contributed by atoms with E-state index < -0.39 is 5.91 Å². The highest BCUT2D eigenvalue weighted by Gasteiger charge is 2.23. The molecule has 39 heavy (non-hydrogen) atoms. The molecular formula is C30H26Cl2N4O3. The summed E-state index contributed by atoms with van der Waals surface area (Å²) in [5, 5.41) is 16.3. The van der Waals surface area contributed by atoms with Gasteiger partial charge in [0.25, 0.3) is 5.91 Å². The van der Waals surface area contributed by atoms with E-state index in [4.69, 9.17) is 23.2 Å². The molecule has 4 aromatic carbocycles. The van der Waals surface area contributed by atoms with E-state index in [-0.39, 0.29) is 22.2 Å². The van der Waals surface area contributed by atoms with E-state index in [1.54, 1.807) is 6.21 Å². The number of aromatic hydroxyl groups is 1. The lowest BCUT2D eigenvalue weighted by atomic mass is 9.97. The van der Waals surface area contributed by atoms with Gasteiger partial charge >= 0.3 is 0 Å². The van der Waals surface area contributed by atoms with Gasteiger partial charge in [0.2, 0.25) is 5.91 Å². The fraction of sp³-hybridized carbons (Fsp3) is 0.167. The number of piperazine rings is 1. The van der Waals surface area contributed by atoms with Crippen LogP contribution in [0.25, 0.3) is 10.8 Å². The van der Waals surface area contributed by atoms with Crippen molar-refractivity contribution in [2.75, 3.05) is 31.1 Å². The molecule has 1 fully saturated rings. The molecule has 0 saturated carbocycles. The average Bonchev–Trinajstić information content (AvgIpc) is 2.96. The van der Waals surface area contributed by atoms with Crippen molar-refractivity contribution in [3.05, 3.63) is 106 Å². The second-order valence-corrected chi connectivity index (χ2v) is 10.0. The van der Waals surface area contributed by atoms with Crippen LogP contribution < -0.4 is 10.3 Å². The van der Waals surface area contributed by atoms with E-state index in [2.05, 4.69) is 15.4 Å². The van der Waals surface area contributed by atoms with Crippen LogP contribution in [0.3, 0.4) is 0 Å². The molecule has 2 amide bonds. The van der Waals surface area contributed by atoms with Crippen molar-refractivity contribution in [2.24, 2.45) is 5.10 Å². The molecule has 0 bridgehead atoms. The van der Waals surface area contributed by atoms with Crippen LogP contribution in [-0.2, 0) is 11.2 Å². The van der Waals surface area contributed by atoms with Gasteiger partial charge in [0.05, 0.1) is 28.4 Å². The van der Waals surface area contributed by atoms with E-state index in [1.807, 2.05) is 65.6 Å². The largest absolute Gasteiger partial charge is 0.506 e. The number of rotatable bonds is 6. The summed E-state index contributed by atoms with van der Waals surface area (Å²) in [7, 11) is 0. The monoisotopic (exact) mass is 560 g/mol. The Bertz CT molecular complexity index is 1570. The van der Waals surface area contributed by atoms with Crippen molar-refractivity contribution >= 4 is 57.7 Å². The van der Waals surface area contributed by atoms with Gasteiger partial charge in [-0.05, 0) is 46.7 Å². The van der Waals surface area contributed by atoms with Gasteiger partial charge in [0.1, 0.15) is 5.75 Å². The van der Waals surface area contributed by atoms with Crippen molar-refractivity contribution in [3.8, 4) is 5.75 Å². The number of hydrogen-bond donors (Lipinski definition) is 2. The number of carbonyl (C=O) groups is 2. The van der Waals surface area contributed by atoms with Crippen LogP contribution in [0.2, 0.25) is 10.0 Å². The van der Waals surface area contributed by atoms with Crippen molar-refractivity contribution in [3.63, 3.8) is 0 Å². The number of para-hydroxylation sites is 1. The Labute approximate surface area is 236 Å². The average molecular weight is 561 g/mol. The summed E-state index contributed by atoms with van der Waals surface area (Å²) in [6.45, 7) is 2.73. The molecular weight excluding hydrogens is 535 g/mol. The molecule has 1 heterocycles. The summed E-state index contributed by atoms with van der Waals surface area (Å²) < 4.78 is 0. The van der Waals surface area contributed by atoms with E-state index >= 15 is 0 Å². The summed E-state index contributed by atoms with van der Waals surface area (Å²) in [5.74, 6) is -0.462. The van der Waals surface area contributed by atoms with Crippen molar-refractivity contribution in [2.45, 2.75) is 6.42 Å². The third kappa shape index (κ3) is 6.00. The number of benzene rings is 4. The number of nitrogens with zero attached hydrogens (tertiary/aromatic N) is 3. The first-order valence-corrected chi connectivity index (χ1v) is 13.3. The molecule has 1 saturated heterocycles. The first kappa shape index (κ1) is 26.5. The smallest absolute Gasteiger partial charge is 0.271 e. The zero-order valence-electron chi connectivity index (χ0n) is 21.0. The second kappa shape index (κ2) is 11.8. The minimum absolute atomic E-state index is 0.0835. The summed E-state index contributed by atoms with van der Waals surface area (Å²) in [5.41, 5.74) is 5.50. The fourth-order valence-corrected chi connectivity index (χ4v) is 5.14. The van der Waals surface area contributed by atoms with E-state index in [0.29, 0.717) is 19.5 Å². The van der Waals surface area contributed by atoms with Gasteiger partial charge in [-0.3, -0.25) is 9.59 Å². The maximum Gasteiger partial charge on any atom is 0.271 e. The summed E-state index contributed by atoms with van der Waals surface area (Å²) in [4.78, 5) is 29.7. The lowest BCUT2D eigenvalue weighted by molar-refractivity contribution is -0.130. The first-order chi connectivity index (χ1) is 18.9. The molecule has 1 aliphatic heterocycles. The predicted molar refractivity (Wildman–Crippen MR) is 156 cm³/mol. The van der Waals surface area contributed by atoms with E-state index in [0.717, 1.165) is 45.7 Å². The summed E-state index contributed by atoms with van der Waals surface area (Å²) in [6, 6.07) is 23.6. The molecule has 4 aromatic rings. The van der Waals surface area contributed by atoms with Crippen LogP contribution >= 0.6 is 23.2 Å². The molecule has 1 aliphatic rings. The van der Waals surface area contributed by atoms with Crippen molar-refractivity contribution < 1.29 is 14.7 Å². The van der Waals surface area contributed by atoms with Gasteiger partial charge in [0, 0.05) is 37.3 Å². The molecule has 0 aromatic heterocycles. The fourth-order valence-electron chi connectivity index (χ4n) is 4.70. The van der Waals surface area contributed by atoms with Crippen LogP contribution in [0, 0.1) is 0 Å². The number of hydrogen-bond acceptors (Lipinski definition) is 5. The highest BCUT2D eigenvalue weighted by Crippen LogP contribution is 2.27. The third-order valence-electron chi connectivity index (χ3n) is 6.79. The highest BCUT2D eigenvalue weighted by molar-refractivity contribution is 6.33. The summed E-state index contributed by atoms with van der Waals surface area (Å²) in [6.07, 6.45) is 1.87. The van der Waals surface area contributed by atoms with Gasteiger partial charge in [-0.2, -0.15) is 5.10 Å². The quantitative estimate of drug-likeness (QED) is 0.240. The standard InChI is InChI=1S/C30H26Cl2N4O3/c31-25-7-3-4-8-27(25)35-13-15-36(16-14-35)29(38)18-20-9-10-22(24-6-2-1-5-23(20)24)19-33-34-30(39)21-11-12-28(37)26(32)17-21/h1-12,17,19,37H,13-16,18H2,(H,34,39). The Hall–Kier alpha value is -4.07. The van der Waals surface area contributed by atoms with Crippen molar-refractivity contribution in [1.29, 1.82) is 0 Å². The Morgan fingerprint density at radius 1 is 0.872 bits per heavy atom. The number of carbonyl (C=O) groups excluding carboxylic acids is 2. The maximum atomic E-state index is 13.2. The molecule has 198 valence electrons. The molecule has 2 N–H and O–H groups in total. The van der Waals surface area contributed by atoms with Gasteiger partial charge in [0.15, 0.2) is 0 Å². The molecule has 0 atom stereocenters. The molecule has 0 unspecified atom stereocenters. The molecule has 0 aliphatic carbocycles. The normalized spacial score (nSPS) is 13.7. The Kier molecular flexibility index (Phi) is 8.00. The molecule has 5 rings (SSSR count). The number of halogens is 2. The van der Waals surface area contributed by atoms with Crippen LogP contribution in [0.1, 0.15) is 21.5 Å². The van der Waals surface area contributed by atoms with Crippen molar-refractivity contribution in [1.82, 2.24) is 10.3 Å². The first-order valence-electron chi connectivity index (χ1n) is 12.5. The zero-order chi connectivity index (χ0) is 27.4. The number of fused-ring (bicyclic) bond motifs is 1. The number of phenols is 1. The SMILES string of the molecule is O=C(NN=Cc1ccc(CC(=O)N2CCN(c3ccccc3Cl)CC2)c2ccccc12)c1ccc(O)c(Cl)c1. The van der Waals surface area contributed by atoms with Crippen LogP contribution in [0.15, 0.2) is 84.0 Å². The van der Waals surface area contributed by atoms with Crippen LogP contribution in [-0.4, -0.2) is 54.2 Å². The minimum Gasteiger partial charge on any atom is -0.506 e. The summed E-state index contributed by atoms with van der Waals surface area (Å²) >= 11 is 12.2. The zero-order valence-corrected chi connectivity index (χ0v) is 22.5. The Balaban J connectivity index is 1.25. The van der Waals surface area contributed by atoms with Crippen LogP contribution in [0.5, 0.6) is 5.75 Å². The Morgan fingerprint density at radius 2 is 1.59 bits per heavy atom. The van der Waals surface area contributed by atoms with Crippen LogP contribution in [0.4, 0.5) is 5.69 Å². The highest BCUT2D eigenvalue weighted by atomic mass is 35.5. The molecule has 0 radical (unpaired) electrons. The second-order valence-electron chi connectivity index (χ2n) is 9.22. The topological polar surface area (TPSA) is 85.2 Å². The van der Waals surface area contributed by atoms with Gasteiger partial charge < -0.3 is 14.9 Å². The maximum absolute atomic E-state index is 13.2. The molecule has 7 nitrogen and oxygen atoms in total. The number of phenolic OH excluding ortho intramolecular Hbond substituents is 1. The van der Waals surface area contributed by atoms with Gasteiger partial charge in [-0.15, -0.1) is 0 Å². The lowest BCUT2D eigenvalue weighted by Crippen LogP contribution is -2.49. The van der Waals surface area contributed by atoms with E-state index in [1.165, 1.54) is 18.2 Å².